The summed E-state index contributed by atoms with van der Waals surface area (Å²) in [6.07, 6.45) is -3.45. The number of aromatic nitrogens is 2. The van der Waals surface area contributed by atoms with Crippen molar-refractivity contribution in [2.24, 2.45) is 0 Å². The fourth-order valence-corrected chi connectivity index (χ4v) is 1.73. The fourth-order valence-electron chi connectivity index (χ4n) is 1.73. The monoisotopic (exact) mass is 243 g/mol. The van der Waals surface area contributed by atoms with Gasteiger partial charge in [-0.1, -0.05) is 0 Å². The molecule has 0 aromatic carbocycles. The van der Waals surface area contributed by atoms with E-state index in [4.69, 9.17) is 15.6 Å². The lowest BCUT2D eigenvalue weighted by Gasteiger charge is -2.16. The maximum atomic E-state index is 11.6. The normalized spacial score (nSPS) is 32.9. The molecule has 0 amide bonds. The van der Waals surface area contributed by atoms with E-state index in [1.165, 1.54) is 0 Å². The number of ether oxygens (including phenoxy) is 1. The van der Waals surface area contributed by atoms with Crippen LogP contribution < -0.4 is 11.3 Å². The molecule has 94 valence electrons. The van der Waals surface area contributed by atoms with E-state index in [0.29, 0.717) is 0 Å². The van der Waals surface area contributed by atoms with Gasteiger partial charge in [-0.3, -0.25) is 9.36 Å². The van der Waals surface area contributed by atoms with Gasteiger partial charge in [0.25, 0.3) is 5.56 Å². The number of nitrogen functional groups attached to an aromatic ring is 1. The van der Waals surface area contributed by atoms with Crippen molar-refractivity contribution in [1.29, 1.82) is 0 Å². The molecule has 8 heteroatoms. The Hall–Kier alpha value is -1.48. The molecular formula is C9H13N3O5. The van der Waals surface area contributed by atoms with Crippen LogP contribution in [0.4, 0.5) is 5.82 Å². The number of aliphatic hydroxyl groups excluding tert-OH is 3. The van der Waals surface area contributed by atoms with Crippen LogP contribution in [0.2, 0.25) is 0 Å². The summed E-state index contributed by atoms with van der Waals surface area (Å²) in [4.78, 5) is 15.3. The molecular weight excluding hydrogens is 230 g/mol. The second-order valence-electron chi connectivity index (χ2n) is 3.79. The van der Waals surface area contributed by atoms with Crippen molar-refractivity contribution in [3.8, 4) is 0 Å². The Labute approximate surface area is 95.9 Å². The lowest BCUT2D eigenvalue weighted by atomic mass is 10.1. The van der Waals surface area contributed by atoms with E-state index in [2.05, 4.69) is 4.98 Å². The number of aliphatic hydroxyl groups is 3. The molecule has 1 unspecified atom stereocenters. The van der Waals surface area contributed by atoms with Crippen molar-refractivity contribution < 1.29 is 20.1 Å². The van der Waals surface area contributed by atoms with Crippen molar-refractivity contribution in [2.45, 2.75) is 24.5 Å². The summed E-state index contributed by atoms with van der Waals surface area (Å²) in [5, 5.41) is 28.2. The van der Waals surface area contributed by atoms with E-state index in [0.717, 1.165) is 17.0 Å². The lowest BCUT2D eigenvalue weighted by molar-refractivity contribution is -0.0548. The summed E-state index contributed by atoms with van der Waals surface area (Å²) >= 11 is 0. The summed E-state index contributed by atoms with van der Waals surface area (Å²) in [6.45, 7) is -0.453. The summed E-state index contributed by atoms with van der Waals surface area (Å²) in [6, 6.07) is 1.08. The highest BCUT2D eigenvalue weighted by atomic mass is 16.6. The molecule has 8 nitrogen and oxygen atoms in total. The summed E-state index contributed by atoms with van der Waals surface area (Å²) in [5.41, 5.74) is 4.82. The average molecular weight is 243 g/mol. The quantitative estimate of drug-likeness (QED) is 0.449. The molecule has 5 N–H and O–H groups in total. The SMILES string of the molecule is Nc1cc(=O)n([C@@H]2O[C@H](CO)C(O)[C@@H]2O)cn1. The van der Waals surface area contributed by atoms with Crippen LogP contribution in [-0.4, -0.2) is 49.8 Å². The molecule has 4 atom stereocenters. The van der Waals surface area contributed by atoms with Gasteiger partial charge >= 0.3 is 0 Å². The summed E-state index contributed by atoms with van der Waals surface area (Å²) < 4.78 is 6.19. The van der Waals surface area contributed by atoms with E-state index in [-0.39, 0.29) is 5.82 Å². The van der Waals surface area contributed by atoms with E-state index >= 15 is 0 Å². The molecule has 2 heterocycles. The van der Waals surface area contributed by atoms with Gasteiger partial charge < -0.3 is 25.8 Å². The van der Waals surface area contributed by atoms with E-state index < -0.39 is 36.7 Å². The Morgan fingerprint density at radius 2 is 2.18 bits per heavy atom. The van der Waals surface area contributed by atoms with Gasteiger partial charge in [0.2, 0.25) is 0 Å². The first-order chi connectivity index (χ1) is 8.04. The van der Waals surface area contributed by atoms with Gasteiger partial charge in [-0.2, -0.15) is 0 Å². The zero-order valence-corrected chi connectivity index (χ0v) is 8.80. The van der Waals surface area contributed by atoms with Gasteiger partial charge in [0, 0.05) is 6.07 Å². The predicted octanol–water partition coefficient (Wildman–Crippen LogP) is -2.56. The van der Waals surface area contributed by atoms with Crippen molar-refractivity contribution in [3.63, 3.8) is 0 Å². The number of rotatable bonds is 2. The van der Waals surface area contributed by atoms with E-state index in [9.17, 15) is 15.0 Å². The standard InChI is InChI=1S/C9H13N3O5/c10-5-1-6(14)12(3-11-5)9-8(16)7(15)4(2-13)17-9/h1,3-4,7-9,13,15-16H,2,10H2/t4-,7?,8+,9-/m1/s1. The van der Waals surface area contributed by atoms with Crippen LogP contribution >= 0.6 is 0 Å². The highest BCUT2D eigenvalue weighted by molar-refractivity contribution is 5.23. The van der Waals surface area contributed by atoms with Crippen LogP contribution in [0.5, 0.6) is 0 Å². The Morgan fingerprint density at radius 1 is 1.47 bits per heavy atom. The van der Waals surface area contributed by atoms with Gasteiger partial charge in [-0.05, 0) is 0 Å². The Kier molecular flexibility index (Phi) is 3.11. The minimum atomic E-state index is -1.31. The second kappa shape index (κ2) is 4.41. The van der Waals surface area contributed by atoms with Crippen molar-refractivity contribution >= 4 is 5.82 Å². The van der Waals surface area contributed by atoms with E-state index in [1.807, 2.05) is 0 Å². The summed E-state index contributed by atoms with van der Waals surface area (Å²) in [7, 11) is 0. The number of hydrogen-bond donors (Lipinski definition) is 4. The second-order valence-corrected chi connectivity index (χ2v) is 3.79. The summed E-state index contributed by atoms with van der Waals surface area (Å²) in [5.74, 6) is 0.0537. The Morgan fingerprint density at radius 3 is 2.71 bits per heavy atom. The topological polar surface area (TPSA) is 131 Å². The largest absolute Gasteiger partial charge is 0.394 e. The lowest BCUT2D eigenvalue weighted by Crippen LogP contribution is -2.35. The highest BCUT2D eigenvalue weighted by Crippen LogP contribution is 2.27. The first-order valence-electron chi connectivity index (χ1n) is 5.00. The number of nitrogens with zero attached hydrogens (tertiary/aromatic N) is 2. The Balaban J connectivity index is 2.32. The Bertz CT molecular complexity index is 462. The fraction of sp³-hybridized carbons (Fsp3) is 0.556. The molecule has 0 saturated carbocycles. The molecule has 17 heavy (non-hydrogen) atoms. The van der Waals surface area contributed by atoms with Gasteiger partial charge in [-0.15, -0.1) is 0 Å². The third-order valence-corrected chi connectivity index (χ3v) is 2.65. The molecule has 1 aliphatic rings. The number of nitrogens with two attached hydrogens (primary N) is 1. The average Bonchev–Trinajstić information content (AvgIpc) is 2.57. The van der Waals surface area contributed by atoms with E-state index in [1.54, 1.807) is 0 Å². The smallest absolute Gasteiger partial charge is 0.257 e. The molecule has 0 bridgehead atoms. The van der Waals surface area contributed by atoms with Crippen LogP contribution in [0, 0.1) is 0 Å². The highest BCUT2D eigenvalue weighted by Gasteiger charge is 2.43. The van der Waals surface area contributed by atoms with Crippen LogP contribution in [-0.2, 0) is 4.74 Å². The molecule has 0 radical (unpaired) electrons. The molecule has 1 fully saturated rings. The predicted molar refractivity (Wildman–Crippen MR) is 55.9 cm³/mol. The van der Waals surface area contributed by atoms with Crippen LogP contribution in [0.1, 0.15) is 6.23 Å². The number of anilines is 1. The third kappa shape index (κ3) is 2.03. The third-order valence-electron chi connectivity index (χ3n) is 2.65. The zero-order valence-electron chi connectivity index (χ0n) is 8.80. The molecule has 1 aliphatic heterocycles. The first-order valence-corrected chi connectivity index (χ1v) is 5.00. The molecule has 2 rings (SSSR count). The van der Waals surface area contributed by atoms with Crippen molar-refractivity contribution in [1.82, 2.24) is 9.55 Å². The maximum absolute atomic E-state index is 11.6. The van der Waals surface area contributed by atoms with Gasteiger partial charge in [0.05, 0.1) is 6.61 Å². The van der Waals surface area contributed by atoms with Crippen molar-refractivity contribution in [3.05, 3.63) is 22.7 Å². The minimum Gasteiger partial charge on any atom is -0.394 e. The van der Waals surface area contributed by atoms with Crippen LogP contribution in [0.3, 0.4) is 0 Å². The molecule has 1 aromatic heterocycles. The van der Waals surface area contributed by atoms with Gasteiger partial charge in [0.15, 0.2) is 6.23 Å². The zero-order chi connectivity index (χ0) is 12.6. The molecule has 0 spiro atoms. The van der Waals surface area contributed by atoms with Crippen molar-refractivity contribution in [2.75, 3.05) is 12.3 Å². The van der Waals surface area contributed by atoms with Crippen LogP contribution in [0.15, 0.2) is 17.2 Å². The minimum absolute atomic E-state index is 0.0537. The number of hydrogen-bond acceptors (Lipinski definition) is 7. The van der Waals surface area contributed by atoms with Crippen LogP contribution in [0.25, 0.3) is 0 Å². The van der Waals surface area contributed by atoms with Gasteiger partial charge in [-0.25, -0.2) is 4.98 Å². The molecule has 1 aromatic rings. The maximum Gasteiger partial charge on any atom is 0.257 e. The molecule has 1 saturated heterocycles. The van der Waals surface area contributed by atoms with Gasteiger partial charge in [0.1, 0.15) is 30.5 Å². The first kappa shape index (κ1) is 12.0. The molecule has 0 aliphatic carbocycles.